The van der Waals surface area contributed by atoms with Gasteiger partial charge in [0.15, 0.2) is 0 Å². The van der Waals surface area contributed by atoms with E-state index in [4.69, 9.17) is 4.74 Å². The van der Waals surface area contributed by atoms with Gasteiger partial charge < -0.3 is 10.1 Å². The summed E-state index contributed by atoms with van der Waals surface area (Å²) in [4.78, 5) is 0. The molecule has 0 radical (unpaired) electrons. The zero-order valence-electron chi connectivity index (χ0n) is 9.60. The van der Waals surface area contributed by atoms with Crippen LogP contribution in [0.25, 0.3) is 0 Å². The summed E-state index contributed by atoms with van der Waals surface area (Å²) in [6.07, 6.45) is 2.43. The topological polar surface area (TPSA) is 21.3 Å². The standard InChI is InChI=1S/C11H25NO/c1-5-11(8-12-4)6-7-13-9-10(2)3/h10-12H,5-9H2,1-4H3. The Bertz CT molecular complexity index is 104. The van der Waals surface area contributed by atoms with Crippen molar-refractivity contribution in [3.05, 3.63) is 0 Å². The van der Waals surface area contributed by atoms with E-state index in [9.17, 15) is 0 Å². The summed E-state index contributed by atoms with van der Waals surface area (Å²) in [5, 5.41) is 3.21. The molecule has 0 aliphatic rings. The van der Waals surface area contributed by atoms with Crippen LogP contribution in [0.3, 0.4) is 0 Å². The molecule has 1 unspecified atom stereocenters. The van der Waals surface area contributed by atoms with E-state index in [1.807, 2.05) is 7.05 Å². The maximum absolute atomic E-state index is 5.55. The third-order valence-electron chi connectivity index (χ3n) is 2.19. The lowest BCUT2D eigenvalue weighted by molar-refractivity contribution is 0.0974. The molecule has 1 atom stereocenters. The normalized spacial score (nSPS) is 13.6. The molecule has 0 aliphatic heterocycles. The second kappa shape index (κ2) is 8.52. The maximum atomic E-state index is 5.55. The summed E-state index contributed by atoms with van der Waals surface area (Å²) in [5.41, 5.74) is 0. The number of rotatable bonds is 8. The first-order valence-corrected chi connectivity index (χ1v) is 5.43. The van der Waals surface area contributed by atoms with E-state index in [2.05, 4.69) is 26.1 Å². The van der Waals surface area contributed by atoms with Crippen LogP contribution in [0.15, 0.2) is 0 Å². The van der Waals surface area contributed by atoms with Crippen molar-refractivity contribution in [2.45, 2.75) is 33.6 Å². The molecule has 0 spiro atoms. The Kier molecular flexibility index (Phi) is 8.46. The van der Waals surface area contributed by atoms with Gasteiger partial charge in [0.2, 0.25) is 0 Å². The van der Waals surface area contributed by atoms with Crippen molar-refractivity contribution in [2.75, 3.05) is 26.8 Å². The average molecular weight is 187 g/mol. The van der Waals surface area contributed by atoms with Crippen LogP contribution in [0.5, 0.6) is 0 Å². The Balaban J connectivity index is 3.27. The number of nitrogens with one attached hydrogen (secondary N) is 1. The fraction of sp³-hybridized carbons (Fsp3) is 1.00. The molecule has 2 heteroatoms. The molecule has 80 valence electrons. The highest BCUT2D eigenvalue weighted by atomic mass is 16.5. The van der Waals surface area contributed by atoms with Gasteiger partial charge in [-0.2, -0.15) is 0 Å². The van der Waals surface area contributed by atoms with Crippen molar-refractivity contribution in [1.29, 1.82) is 0 Å². The Morgan fingerprint density at radius 1 is 1.31 bits per heavy atom. The molecule has 0 fully saturated rings. The van der Waals surface area contributed by atoms with Gasteiger partial charge in [-0.15, -0.1) is 0 Å². The van der Waals surface area contributed by atoms with E-state index in [1.54, 1.807) is 0 Å². The van der Waals surface area contributed by atoms with Crippen LogP contribution in [0.4, 0.5) is 0 Å². The molecule has 0 aromatic rings. The monoisotopic (exact) mass is 187 g/mol. The van der Waals surface area contributed by atoms with Crippen molar-refractivity contribution < 1.29 is 4.74 Å². The second-order valence-corrected chi connectivity index (χ2v) is 4.09. The molecule has 0 aromatic carbocycles. The number of hydrogen-bond acceptors (Lipinski definition) is 2. The first-order chi connectivity index (χ1) is 6.20. The molecule has 0 aromatic heterocycles. The highest BCUT2D eigenvalue weighted by Gasteiger charge is 2.04. The fourth-order valence-electron chi connectivity index (χ4n) is 1.31. The second-order valence-electron chi connectivity index (χ2n) is 4.09. The summed E-state index contributed by atoms with van der Waals surface area (Å²) in [6, 6.07) is 0. The molecule has 2 nitrogen and oxygen atoms in total. The van der Waals surface area contributed by atoms with E-state index in [0.717, 1.165) is 25.7 Å². The van der Waals surface area contributed by atoms with E-state index >= 15 is 0 Å². The van der Waals surface area contributed by atoms with E-state index in [1.165, 1.54) is 12.8 Å². The molecule has 0 aliphatic carbocycles. The lowest BCUT2D eigenvalue weighted by atomic mass is 10.0. The minimum Gasteiger partial charge on any atom is -0.381 e. The van der Waals surface area contributed by atoms with Crippen molar-refractivity contribution in [3.8, 4) is 0 Å². The minimum atomic E-state index is 0.657. The largest absolute Gasteiger partial charge is 0.381 e. The molecular formula is C11H25NO. The zero-order valence-corrected chi connectivity index (χ0v) is 9.60. The molecule has 0 saturated carbocycles. The lowest BCUT2D eigenvalue weighted by Crippen LogP contribution is -2.20. The molecule has 1 N–H and O–H groups in total. The van der Waals surface area contributed by atoms with Crippen LogP contribution in [0, 0.1) is 11.8 Å². The van der Waals surface area contributed by atoms with Crippen molar-refractivity contribution >= 4 is 0 Å². The van der Waals surface area contributed by atoms with Crippen LogP contribution in [0.2, 0.25) is 0 Å². The van der Waals surface area contributed by atoms with Crippen LogP contribution in [-0.4, -0.2) is 26.8 Å². The number of hydrogen-bond donors (Lipinski definition) is 1. The molecule has 0 bridgehead atoms. The average Bonchev–Trinajstić information content (AvgIpc) is 2.10. The van der Waals surface area contributed by atoms with Crippen LogP contribution in [0.1, 0.15) is 33.6 Å². The van der Waals surface area contributed by atoms with Gasteiger partial charge in [-0.1, -0.05) is 27.2 Å². The fourth-order valence-corrected chi connectivity index (χ4v) is 1.31. The first-order valence-electron chi connectivity index (χ1n) is 5.43. The third kappa shape index (κ3) is 8.26. The Hall–Kier alpha value is -0.0800. The van der Waals surface area contributed by atoms with Crippen molar-refractivity contribution in [2.24, 2.45) is 11.8 Å². The van der Waals surface area contributed by atoms with Gasteiger partial charge in [-0.05, 0) is 31.8 Å². The molecule has 0 amide bonds. The van der Waals surface area contributed by atoms with Gasteiger partial charge >= 0.3 is 0 Å². The Labute approximate surface area is 83.1 Å². The smallest absolute Gasteiger partial charge is 0.0488 e. The van der Waals surface area contributed by atoms with Gasteiger partial charge in [0.1, 0.15) is 0 Å². The van der Waals surface area contributed by atoms with E-state index in [0.29, 0.717) is 5.92 Å². The zero-order chi connectivity index (χ0) is 10.1. The molecule has 0 heterocycles. The van der Waals surface area contributed by atoms with Gasteiger partial charge in [0.05, 0.1) is 0 Å². The minimum absolute atomic E-state index is 0.657. The SMILES string of the molecule is CCC(CCOCC(C)C)CNC. The van der Waals surface area contributed by atoms with E-state index < -0.39 is 0 Å². The van der Waals surface area contributed by atoms with Crippen molar-refractivity contribution in [3.63, 3.8) is 0 Å². The highest BCUT2D eigenvalue weighted by Crippen LogP contribution is 2.07. The van der Waals surface area contributed by atoms with Gasteiger partial charge in [-0.3, -0.25) is 0 Å². The maximum Gasteiger partial charge on any atom is 0.0488 e. The molecule has 0 rings (SSSR count). The van der Waals surface area contributed by atoms with Crippen LogP contribution >= 0.6 is 0 Å². The molecular weight excluding hydrogens is 162 g/mol. The molecule has 0 saturated heterocycles. The summed E-state index contributed by atoms with van der Waals surface area (Å²) in [7, 11) is 2.01. The number of ether oxygens (including phenoxy) is 1. The summed E-state index contributed by atoms with van der Waals surface area (Å²) in [6.45, 7) is 9.54. The summed E-state index contributed by atoms with van der Waals surface area (Å²) in [5.74, 6) is 1.43. The Morgan fingerprint density at radius 2 is 2.00 bits per heavy atom. The lowest BCUT2D eigenvalue weighted by Gasteiger charge is -2.14. The summed E-state index contributed by atoms with van der Waals surface area (Å²) >= 11 is 0. The van der Waals surface area contributed by atoms with Gasteiger partial charge in [-0.25, -0.2) is 0 Å². The Morgan fingerprint density at radius 3 is 2.46 bits per heavy atom. The highest BCUT2D eigenvalue weighted by molar-refractivity contribution is 4.58. The van der Waals surface area contributed by atoms with E-state index in [-0.39, 0.29) is 0 Å². The third-order valence-corrected chi connectivity index (χ3v) is 2.19. The quantitative estimate of drug-likeness (QED) is 0.589. The van der Waals surface area contributed by atoms with Crippen LogP contribution < -0.4 is 5.32 Å². The van der Waals surface area contributed by atoms with Crippen LogP contribution in [-0.2, 0) is 4.74 Å². The molecule has 13 heavy (non-hydrogen) atoms. The predicted molar refractivity (Wildman–Crippen MR) is 58.0 cm³/mol. The summed E-state index contributed by atoms with van der Waals surface area (Å²) < 4.78 is 5.55. The predicted octanol–water partition coefficient (Wildman–Crippen LogP) is 2.29. The van der Waals surface area contributed by atoms with Gasteiger partial charge in [0.25, 0.3) is 0 Å². The van der Waals surface area contributed by atoms with Crippen molar-refractivity contribution in [1.82, 2.24) is 5.32 Å². The first kappa shape index (κ1) is 12.9. The van der Waals surface area contributed by atoms with Gasteiger partial charge in [0, 0.05) is 13.2 Å².